The second kappa shape index (κ2) is 6.79. The van der Waals surface area contributed by atoms with E-state index in [0.29, 0.717) is 22.1 Å². The van der Waals surface area contributed by atoms with E-state index < -0.39 is 0 Å². The number of nitrogens with zero attached hydrogens (tertiary/aromatic N) is 1. The van der Waals surface area contributed by atoms with Crippen molar-refractivity contribution >= 4 is 50.0 Å². The second-order valence-corrected chi connectivity index (χ2v) is 6.61. The van der Waals surface area contributed by atoms with Crippen LogP contribution < -0.4 is 10.1 Å². The number of rotatable bonds is 3. The number of hydrogen-bond acceptors (Lipinski definition) is 3. The molecule has 0 saturated heterocycles. The molecule has 6 heteroatoms. The van der Waals surface area contributed by atoms with Crippen LogP contribution in [-0.4, -0.2) is 18.0 Å². The zero-order valence-electron chi connectivity index (χ0n) is 13.1. The maximum Gasteiger partial charge on any atom is 0.221 e. The van der Waals surface area contributed by atoms with Crippen LogP contribution in [0, 0.1) is 0 Å². The molecule has 1 amide bonds. The van der Waals surface area contributed by atoms with Gasteiger partial charge in [0.25, 0.3) is 0 Å². The summed E-state index contributed by atoms with van der Waals surface area (Å²) in [6.07, 6.45) is 0. The van der Waals surface area contributed by atoms with Crippen molar-refractivity contribution in [3.63, 3.8) is 0 Å². The number of fused-ring (bicyclic) bond motifs is 1. The lowest BCUT2D eigenvalue weighted by Gasteiger charge is -2.13. The van der Waals surface area contributed by atoms with E-state index in [1.807, 2.05) is 42.5 Å². The Morgan fingerprint density at radius 2 is 2.04 bits per heavy atom. The average Bonchev–Trinajstić information content (AvgIpc) is 2.53. The molecule has 0 bridgehead atoms. The Bertz CT molecular complexity index is 944. The minimum absolute atomic E-state index is 0.164. The molecule has 4 nitrogen and oxygen atoms in total. The van der Waals surface area contributed by atoms with Gasteiger partial charge in [-0.1, -0.05) is 39.7 Å². The molecular formula is C18H14BrClN2O2. The molecule has 0 atom stereocenters. The number of carbonyl (C=O) groups is 1. The van der Waals surface area contributed by atoms with E-state index in [2.05, 4.69) is 26.2 Å². The Hall–Kier alpha value is -2.11. The summed E-state index contributed by atoms with van der Waals surface area (Å²) in [4.78, 5) is 16.0. The molecule has 0 fully saturated rings. The van der Waals surface area contributed by atoms with Gasteiger partial charge in [0.15, 0.2) is 0 Å². The van der Waals surface area contributed by atoms with Crippen molar-refractivity contribution < 1.29 is 9.53 Å². The minimum atomic E-state index is -0.164. The number of methoxy groups -OCH3 is 1. The van der Waals surface area contributed by atoms with Crippen LogP contribution in [0.25, 0.3) is 22.0 Å². The summed E-state index contributed by atoms with van der Waals surface area (Å²) in [6.45, 7) is 1.46. The molecule has 3 rings (SSSR count). The SMILES string of the molecule is COc1cc(-c2cccc(Cl)c2)c2cc(Br)cc(NC(C)=O)c2n1. The Balaban J connectivity index is 2.36. The molecule has 0 spiro atoms. The van der Waals surface area contributed by atoms with Crippen LogP contribution in [-0.2, 0) is 4.79 Å². The molecule has 0 unspecified atom stereocenters. The lowest BCUT2D eigenvalue weighted by atomic mass is 10.0. The quantitative estimate of drug-likeness (QED) is 0.644. The van der Waals surface area contributed by atoms with E-state index in [0.717, 1.165) is 21.0 Å². The molecule has 24 heavy (non-hydrogen) atoms. The maximum absolute atomic E-state index is 11.5. The highest BCUT2D eigenvalue weighted by molar-refractivity contribution is 9.10. The summed E-state index contributed by atoms with van der Waals surface area (Å²) in [5, 5.41) is 4.35. The lowest BCUT2D eigenvalue weighted by Crippen LogP contribution is -2.07. The van der Waals surface area contributed by atoms with E-state index in [1.165, 1.54) is 6.92 Å². The number of aromatic nitrogens is 1. The van der Waals surface area contributed by atoms with Crippen molar-refractivity contribution in [2.75, 3.05) is 12.4 Å². The number of carbonyl (C=O) groups excluding carboxylic acids is 1. The highest BCUT2D eigenvalue weighted by Crippen LogP contribution is 2.37. The summed E-state index contributed by atoms with van der Waals surface area (Å²) >= 11 is 9.63. The van der Waals surface area contributed by atoms with Crippen molar-refractivity contribution in [2.45, 2.75) is 6.92 Å². The minimum Gasteiger partial charge on any atom is -0.481 e. The third-order valence-electron chi connectivity index (χ3n) is 3.51. The second-order valence-electron chi connectivity index (χ2n) is 5.25. The molecule has 0 radical (unpaired) electrons. The monoisotopic (exact) mass is 404 g/mol. The van der Waals surface area contributed by atoms with Crippen LogP contribution in [0.5, 0.6) is 5.88 Å². The fourth-order valence-electron chi connectivity index (χ4n) is 2.55. The summed E-state index contributed by atoms with van der Waals surface area (Å²) in [5.74, 6) is 0.301. The van der Waals surface area contributed by atoms with Gasteiger partial charge in [0, 0.05) is 27.9 Å². The first-order valence-corrected chi connectivity index (χ1v) is 8.37. The third kappa shape index (κ3) is 3.37. The van der Waals surface area contributed by atoms with Crippen LogP contribution in [0.3, 0.4) is 0 Å². The fraction of sp³-hybridized carbons (Fsp3) is 0.111. The third-order valence-corrected chi connectivity index (χ3v) is 4.20. The molecule has 3 aromatic rings. The van der Waals surface area contributed by atoms with Gasteiger partial charge >= 0.3 is 0 Å². The molecule has 2 aromatic carbocycles. The average molecular weight is 406 g/mol. The first-order valence-electron chi connectivity index (χ1n) is 7.20. The predicted octanol–water partition coefficient (Wildman–Crippen LogP) is 5.28. The molecule has 0 saturated carbocycles. The lowest BCUT2D eigenvalue weighted by molar-refractivity contribution is -0.114. The van der Waals surface area contributed by atoms with Crippen molar-refractivity contribution in [2.24, 2.45) is 0 Å². The first kappa shape index (κ1) is 16.7. The standard InChI is InChI=1S/C18H14BrClN2O2/c1-10(23)21-16-8-12(19)7-15-14(9-17(24-2)22-18(15)16)11-4-3-5-13(20)6-11/h3-9H,1-2H3,(H,21,23). The van der Waals surface area contributed by atoms with Gasteiger partial charge in [0.2, 0.25) is 11.8 Å². The number of hydrogen-bond donors (Lipinski definition) is 1. The van der Waals surface area contributed by atoms with Crippen LogP contribution in [0.2, 0.25) is 5.02 Å². The number of nitrogens with one attached hydrogen (secondary N) is 1. The van der Waals surface area contributed by atoms with Gasteiger partial charge in [0.05, 0.1) is 18.3 Å². The number of halogens is 2. The van der Waals surface area contributed by atoms with Gasteiger partial charge in [-0.25, -0.2) is 4.98 Å². The number of benzene rings is 2. The Morgan fingerprint density at radius 1 is 1.25 bits per heavy atom. The topological polar surface area (TPSA) is 51.2 Å². The summed E-state index contributed by atoms with van der Waals surface area (Å²) < 4.78 is 6.18. The smallest absolute Gasteiger partial charge is 0.221 e. The number of pyridine rings is 1. The van der Waals surface area contributed by atoms with Gasteiger partial charge in [-0.2, -0.15) is 0 Å². The Morgan fingerprint density at radius 3 is 2.71 bits per heavy atom. The molecule has 1 aromatic heterocycles. The number of amides is 1. The highest BCUT2D eigenvalue weighted by atomic mass is 79.9. The van der Waals surface area contributed by atoms with Crippen LogP contribution >= 0.6 is 27.5 Å². The van der Waals surface area contributed by atoms with Crippen LogP contribution in [0.15, 0.2) is 46.9 Å². The maximum atomic E-state index is 11.5. The Kier molecular flexibility index (Phi) is 4.73. The molecular weight excluding hydrogens is 392 g/mol. The molecule has 122 valence electrons. The number of anilines is 1. The molecule has 1 heterocycles. The Labute approximate surface area is 152 Å². The normalized spacial score (nSPS) is 10.7. The van der Waals surface area contributed by atoms with E-state index in [-0.39, 0.29) is 5.91 Å². The van der Waals surface area contributed by atoms with Gasteiger partial charge in [-0.05, 0) is 35.4 Å². The van der Waals surface area contributed by atoms with Gasteiger partial charge < -0.3 is 10.1 Å². The van der Waals surface area contributed by atoms with E-state index >= 15 is 0 Å². The number of ether oxygens (including phenoxy) is 1. The molecule has 0 aliphatic carbocycles. The zero-order valence-corrected chi connectivity index (χ0v) is 15.4. The van der Waals surface area contributed by atoms with E-state index in [1.54, 1.807) is 7.11 Å². The highest BCUT2D eigenvalue weighted by Gasteiger charge is 2.14. The fourth-order valence-corrected chi connectivity index (χ4v) is 3.20. The van der Waals surface area contributed by atoms with Crippen LogP contribution in [0.1, 0.15) is 6.92 Å². The zero-order chi connectivity index (χ0) is 17.3. The van der Waals surface area contributed by atoms with Crippen molar-refractivity contribution in [3.05, 3.63) is 52.0 Å². The van der Waals surface area contributed by atoms with Gasteiger partial charge in [-0.3, -0.25) is 4.79 Å². The predicted molar refractivity (Wildman–Crippen MR) is 101 cm³/mol. The molecule has 0 aliphatic heterocycles. The van der Waals surface area contributed by atoms with E-state index in [4.69, 9.17) is 16.3 Å². The first-order chi connectivity index (χ1) is 11.5. The van der Waals surface area contributed by atoms with Gasteiger partial charge in [0.1, 0.15) is 0 Å². The van der Waals surface area contributed by atoms with E-state index in [9.17, 15) is 4.79 Å². The largest absolute Gasteiger partial charge is 0.481 e. The summed E-state index contributed by atoms with van der Waals surface area (Å²) in [6, 6.07) is 13.2. The van der Waals surface area contributed by atoms with Crippen molar-refractivity contribution in [3.8, 4) is 17.0 Å². The van der Waals surface area contributed by atoms with Crippen molar-refractivity contribution in [1.29, 1.82) is 0 Å². The van der Waals surface area contributed by atoms with Crippen molar-refractivity contribution in [1.82, 2.24) is 4.98 Å². The molecule has 1 N–H and O–H groups in total. The van der Waals surface area contributed by atoms with Gasteiger partial charge in [-0.15, -0.1) is 0 Å². The summed E-state index contributed by atoms with van der Waals surface area (Å²) in [7, 11) is 1.56. The van der Waals surface area contributed by atoms with Crippen LogP contribution in [0.4, 0.5) is 5.69 Å². The summed E-state index contributed by atoms with van der Waals surface area (Å²) in [5.41, 5.74) is 3.14. The molecule has 0 aliphatic rings.